The van der Waals surface area contributed by atoms with Crippen LogP contribution < -0.4 is 14.4 Å². The van der Waals surface area contributed by atoms with Gasteiger partial charge in [-0.05, 0) is 49.4 Å². The van der Waals surface area contributed by atoms with Crippen LogP contribution in [0.2, 0.25) is 0 Å². The Morgan fingerprint density at radius 1 is 1.25 bits per heavy atom. The predicted octanol–water partition coefficient (Wildman–Crippen LogP) is 3.23. The van der Waals surface area contributed by atoms with Gasteiger partial charge in [0, 0.05) is 18.4 Å². The molecule has 1 aliphatic heterocycles. The summed E-state index contributed by atoms with van der Waals surface area (Å²) in [7, 11) is 1.55. The third kappa shape index (κ3) is 3.28. The number of nitrogens with zero attached hydrogens (tertiary/aromatic N) is 4. The van der Waals surface area contributed by atoms with Crippen molar-refractivity contribution >= 4 is 11.6 Å². The number of pyridine rings is 1. The summed E-state index contributed by atoms with van der Waals surface area (Å²) in [5, 5.41) is 4.51. The third-order valence-corrected chi connectivity index (χ3v) is 4.57. The zero-order chi connectivity index (χ0) is 19.7. The Bertz CT molecular complexity index is 1000. The smallest absolute Gasteiger partial charge is 0.276 e. The Morgan fingerprint density at radius 2 is 2.04 bits per heavy atom. The van der Waals surface area contributed by atoms with Crippen LogP contribution in [0.4, 0.5) is 10.1 Å². The van der Waals surface area contributed by atoms with Gasteiger partial charge in [-0.3, -0.25) is 9.48 Å². The first-order chi connectivity index (χ1) is 13.6. The largest absolute Gasteiger partial charge is 0.491 e. The maximum absolute atomic E-state index is 13.2. The summed E-state index contributed by atoms with van der Waals surface area (Å²) in [6.45, 7) is 2.59. The van der Waals surface area contributed by atoms with Gasteiger partial charge in [0.2, 0.25) is 0 Å². The summed E-state index contributed by atoms with van der Waals surface area (Å²) in [6.07, 6.45) is 1.61. The quantitative estimate of drug-likeness (QED) is 0.678. The van der Waals surface area contributed by atoms with E-state index in [1.165, 1.54) is 12.1 Å². The van der Waals surface area contributed by atoms with E-state index in [0.29, 0.717) is 35.2 Å². The molecular weight excluding hydrogens is 363 g/mol. The lowest BCUT2D eigenvalue weighted by Crippen LogP contribution is -2.42. The van der Waals surface area contributed by atoms with Gasteiger partial charge < -0.3 is 14.4 Å². The van der Waals surface area contributed by atoms with Gasteiger partial charge >= 0.3 is 0 Å². The molecular formula is C20H19FN4O3. The van der Waals surface area contributed by atoms with Gasteiger partial charge in [-0.2, -0.15) is 5.10 Å². The minimum absolute atomic E-state index is 0.0316. The summed E-state index contributed by atoms with van der Waals surface area (Å²) >= 11 is 0. The van der Waals surface area contributed by atoms with Crippen LogP contribution in [0.25, 0.3) is 0 Å². The number of amides is 1. The highest BCUT2D eigenvalue weighted by atomic mass is 19.1. The summed E-state index contributed by atoms with van der Waals surface area (Å²) in [6, 6.07) is 11.1. The first kappa shape index (κ1) is 18.0. The van der Waals surface area contributed by atoms with Crippen LogP contribution in [0.15, 0.2) is 48.7 Å². The number of aromatic nitrogens is 3. The molecule has 144 valence electrons. The number of hydrogen-bond acceptors (Lipinski definition) is 5. The molecule has 0 fully saturated rings. The Balaban J connectivity index is 1.56. The average molecular weight is 382 g/mol. The highest BCUT2D eigenvalue weighted by molar-refractivity contribution is 6.05. The molecule has 7 nitrogen and oxygen atoms in total. The molecule has 0 N–H and O–H groups in total. The van der Waals surface area contributed by atoms with Gasteiger partial charge in [0.1, 0.15) is 23.8 Å². The van der Waals surface area contributed by atoms with Crippen LogP contribution in [-0.2, 0) is 6.61 Å². The molecule has 1 aliphatic rings. The number of ether oxygens (including phenoxy) is 2. The van der Waals surface area contributed by atoms with Gasteiger partial charge in [-0.15, -0.1) is 0 Å². The van der Waals surface area contributed by atoms with Crippen LogP contribution in [0.3, 0.4) is 0 Å². The Hall–Kier alpha value is -3.42. The number of rotatable bonds is 5. The molecule has 0 saturated heterocycles. The van der Waals surface area contributed by atoms with Crippen molar-refractivity contribution in [1.29, 1.82) is 0 Å². The van der Waals surface area contributed by atoms with Gasteiger partial charge in [0.15, 0.2) is 5.75 Å². The second-order valence-corrected chi connectivity index (χ2v) is 6.51. The molecule has 1 amide bonds. The van der Waals surface area contributed by atoms with Crippen molar-refractivity contribution in [2.24, 2.45) is 0 Å². The van der Waals surface area contributed by atoms with E-state index in [4.69, 9.17) is 9.47 Å². The monoisotopic (exact) mass is 382 g/mol. The van der Waals surface area contributed by atoms with Crippen molar-refractivity contribution in [1.82, 2.24) is 14.8 Å². The van der Waals surface area contributed by atoms with Crippen molar-refractivity contribution in [2.45, 2.75) is 19.6 Å². The zero-order valence-corrected chi connectivity index (χ0v) is 15.5. The van der Waals surface area contributed by atoms with Crippen LogP contribution >= 0.6 is 0 Å². The van der Waals surface area contributed by atoms with Gasteiger partial charge in [-0.25, -0.2) is 9.37 Å². The number of halogens is 1. The van der Waals surface area contributed by atoms with E-state index < -0.39 is 0 Å². The fourth-order valence-corrected chi connectivity index (χ4v) is 3.20. The van der Waals surface area contributed by atoms with E-state index in [2.05, 4.69) is 10.1 Å². The lowest BCUT2D eigenvalue weighted by molar-refractivity contribution is 0.0953. The predicted molar refractivity (Wildman–Crippen MR) is 100 cm³/mol. The molecule has 1 aromatic carbocycles. The standard InChI is InChI=1S/C20H19FN4O3/c1-13-11-24(16-7-5-14(21)6-8-16)20(26)17-10-15(23-25(13)17)12-28-19-18(27-2)4-3-9-22-19/h3-10,13H,11-12H2,1-2H3/t13-/m1/s1. The minimum Gasteiger partial charge on any atom is -0.491 e. The second kappa shape index (κ2) is 7.30. The summed E-state index contributed by atoms with van der Waals surface area (Å²) < 4.78 is 25.8. The number of benzene rings is 1. The Kier molecular flexibility index (Phi) is 4.68. The molecule has 0 unspecified atom stereocenters. The van der Waals surface area contributed by atoms with Gasteiger partial charge in [0.25, 0.3) is 11.8 Å². The van der Waals surface area contributed by atoms with Gasteiger partial charge in [-0.1, -0.05) is 0 Å². The number of carbonyl (C=O) groups is 1. The van der Waals surface area contributed by atoms with E-state index >= 15 is 0 Å². The second-order valence-electron chi connectivity index (χ2n) is 6.51. The van der Waals surface area contributed by atoms with Crippen molar-refractivity contribution < 1.29 is 18.7 Å². The Morgan fingerprint density at radius 3 is 2.79 bits per heavy atom. The van der Waals surface area contributed by atoms with Crippen molar-refractivity contribution in [3.8, 4) is 11.6 Å². The van der Waals surface area contributed by atoms with Crippen molar-refractivity contribution in [3.63, 3.8) is 0 Å². The molecule has 0 spiro atoms. The number of carbonyl (C=O) groups excluding carboxylic acids is 1. The Labute approximate surface area is 161 Å². The fourth-order valence-electron chi connectivity index (χ4n) is 3.20. The normalized spacial score (nSPS) is 16.0. The summed E-state index contributed by atoms with van der Waals surface area (Å²) in [5.41, 5.74) is 1.74. The maximum Gasteiger partial charge on any atom is 0.276 e. The van der Waals surface area contributed by atoms with Crippen LogP contribution in [0.5, 0.6) is 11.6 Å². The van der Waals surface area contributed by atoms with Crippen LogP contribution in [0.1, 0.15) is 29.1 Å². The van der Waals surface area contributed by atoms with Crippen molar-refractivity contribution in [3.05, 3.63) is 65.9 Å². The third-order valence-electron chi connectivity index (χ3n) is 4.57. The molecule has 3 heterocycles. The highest BCUT2D eigenvalue weighted by Gasteiger charge is 2.31. The van der Waals surface area contributed by atoms with Crippen molar-refractivity contribution in [2.75, 3.05) is 18.6 Å². The zero-order valence-electron chi connectivity index (χ0n) is 15.5. The molecule has 0 bridgehead atoms. The lowest BCUT2D eigenvalue weighted by atomic mass is 10.1. The molecule has 8 heteroatoms. The summed E-state index contributed by atoms with van der Waals surface area (Å²) in [4.78, 5) is 18.7. The first-order valence-corrected chi connectivity index (χ1v) is 8.84. The molecule has 1 atom stereocenters. The number of methoxy groups -OCH3 is 1. The van der Waals surface area contributed by atoms with E-state index in [0.717, 1.165) is 0 Å². The molecule has 2 aromatic heterocycles. The molecule has 0 aliphatic carbocycles. The summed E-state index contributed by atoms with van der Waals surface area (Å²) in [5.74, 6) is 0.372. The number of hydrogen-bond donors (Lipinski definition) is 0. The van der Waals surface area contributed by atoms with Crippen LogP contribution in [0, 0.1) is 5.82 Å². The number of fused-ring (bicyclic) bond motifs is 1. The molecule has 4 rings (SSSR count). The molecule has 3 aromatic rings. The average Bonchev–Trinajstić information content (AvgIpc) is 3.15. The minimum atomic E-state index is -0.337. The number of anilines is 1. The lowest BCUT2D eigenvalue weighted by Gasteiger charge is -2.31. The van der Waals surface area contributed by atoms with E-state index in [-0.39, 0.29) is 24.4 Å². The topological polar surface area (TPSA) is 69.5 Å². The molecule has 0 saturated carbocycles. The first-order valence-electron chi connectivity index (χ1n) is 8.84. The maximum atomic E-state index is 13.2. The fraction of sp³-hybridized carbons (Fsp3) is 0.250. The van der Waals surface area contributed by atoms with E-state index in [1.54, 1.807) is 53.2 Å². The molecule has 28 heavy (non-hydrogen) atoms. The van der Waals surface area contributed by atoms with E-state index in [1.807, 2.05) is 6.92 Å². The highest BCUT2D eigenvalue weighted by Crippen LogP contribution is 2.28. The van der Waals surface area contributed by atoms with E-state index in [9.17, 15) is 9.18 Å². The van der Waals surface area contributed by atoms with Crippen LogP contribution in [-0.4, -0.2) is 34.3 Å². The van der Waals surface area contributed by atoms with Gasteiger partial charge in [0.05, 0.1) is 13.2 Å². The SMILES string of the molecule is COc1cccnc1OCc1cc2n(n1)[C@H](C)CN(c1ccc(F)cc1)C2=O. The molecule has 0 radical (unpaired) electrons.